The van der Waals surface area contributed by atoms with Crippen molar-refractivity contribution in [2.75, 3.05) is 39.4 Å². The molecule has 152 valence electrons. The molecule has 0 saturated carbocycles. The molecule has 0 spiro atoms. The largest absolute Gasteiger partial charge is 0.381 e. The number of benzene rings is 1. The SMILES string of the molecule is O=C(CCc1nc2ccccc2s1)N(CCCN1CCCC1)C1CCOCC1. The van der Waals surface area contributed by atoms with Crippen molar-refractivity contribution in [2.24, 2.45) is 0 Å². The molecule has 0 unspecified atom stereocenters. The van der Waals surface area contributed by atoms with E-state index >= 15 is 0 Å². The van der Waals surface area contributed by atoms with Gasteiger partial charge in [0.05, 0.1) is 15.2 Å². The van der Waals surface area contributed by atoms with Crippen molar-refractivity contribution >= 4 is 27.5 Å². The number of hydrogen-bond donors (Lipinski definition) is 0. The fourth-order valence-corrected chi connectivity index (χ4v) is 5.33. The predicted octanol–water partition coefficient (Wildman–Crippen LogP) is 3.72. The highest BCUT2D eigenvalue weighted by molar-refractivity contribution is 7.18. The lowest BCUT2D eigenvalue weighted by Gasteiger charge is -2.35. The average Bonchev–Trinajstić information content (AvgIpc) is 3.39. The first-order valence-corrected chi connectivity index (χ1v) is 11.6. The van der Waals surface area contributed by atoms with Crippen molar-refractivity contribution in [1.82, 2.24) is 14.8 Å². The van der Waals surface area contributed by atoms with Gasteiger partial charge in [0.1, 0.15) is 0 Å². The molecule has 0 atom stereocenters. The predicted molar refractivity (Wildman–Crippen MR) is 114 cm³/mol. The molecule has 6 heteroatoms. The minimum absolute atomic E-state index is 0.285. The Labute approximate surface area is 171 Å². The van der Waals surface area contributed by atoms with Crippen LogP contribution >= 0.6 is 11.3 Å². The van der Waals surface area contributed by atoms with Gasteiger partial charge < -0.3 is 14.5 Å². The van der Waals surface area contributed by atoms with Crippen LogP contribution in [0.5, 0.6) is 0 Å². The van der Waals surface area contributed by atoms with Gasteiger partial charge in [-0.3, -0.25) is 4.79 Å². The zero-order valence-electron chi connectivity index (χ0n) is 16.6. The highest BCUT2D eigenvalue weighted by Gasteiger charge is 2.26. The molecule has 1 aromatic heterocycles. The van der Waals surface area contributed by atoms with Crippen LogP contribution in [0.2, 0.25) is 0 Å². The van der Waals surface area contributed by atoms with Gasteiger partial charge in [0.2, 0.25) is 5.91 Å². The molecule has 0 bridgehead atoms. The van der Waals surface area contributed by atoms with E-state index in [4.69, 9.17) is 9.72 Å². The molecule has 28 heavy (non-hydrogen) atoms. The Balaban J connectivity index is 1.33. The maximum absolute atomic E-state index is 13.1. The second-order valence-corrected chi connectivity index (χ2v) is 9.02. The van der Waals surface area contributed by atoms with E-state index in [1.165, 1.54) is 30.6 Å². The van der Waals surface area contributed by atoms with E-state index in [-0.39, 0.29) is 5.91 Å². The van der Waals surface area contributed by atoms with Crippen LogP contribution in [0, 0.1) is 0 Å². The normalized spacial score (nSPS) is 18.7. The lowest BCUT2D eigenvalue weighted by molar-refractivity contribution is -0.135. The zero-order valence-corrected chi connectivity index (χ0v) is 17.5. The Bertz CT molecular complexity index is 733. The molecule has 2 aliphatic rings. The standard InChI is InChI=1S/C22H31N3O2S/c26-22(9-8-21-23-19-6-1-2-7-20(19)28-21)25(18-10-16-27-17-11-18)15-5-14-24-12-3-4-13-24/h1-2,6-7,18H,3-5,8-17H2. The monoisotopic (exact) mass is 401 g/mol. The summed E-state index contributed by atoms with van der Waals surface area (Å²) in [6.07, 6.45) is 6.96. The summed E-state index contributed by atoms with van der Waals surface area (Å²) in [5.41, 5.74) is 1.04. The van der Waals surface area contributed by atoms with E-state index in [0.29, 0.717) is 12.5 Å². The zero-order chi connectivity index (χ0) is 19.2. The third-order valence-corrected chi connectivity index (χ3v) is 7.01. The highest BCUT2D eigenvalue weighted by Crippen LogP contribution is 2.23. The summed E-state index contributed by atoms with van der Waals surface area (Å²) in [5, 5.41) is 1.07. The van der Waals surface area contributed by atoms with E-state index in [9.17, 15) is 4.79 Å². The number of thiazole rings is 1. The number of carbonyl (C=O) groups is 1. The Hall–Kier alpha value is -1.50. The van der Waals surface area contributed by atoms with Crippen LogP contribution in [0.3, 0.4) is 0 Å². The lowest BCUT2D eigenvalue weighted by atomic mass is 10.1. The number of fused-ring (bicyclic) bond motifs is 1. The van der Waals surface area contributed by atoms with Gasteiger partial charge >= 0.3 is 0 Å². The number of ether oxygens (including phenoxy) is 1. The maximum atomic E-state index is 13.1. The molecule has 2 fully saturated rings. The minimum atomic E-state index is 0.285. The Kier molecular flexibility index (Phi) is 6.94. The second kappa shape index (κ2) is 9.81. The lowest BCUT2D eigenvalue weighted by Crippen LogP contribution is -2.44. The molecule has 2 aromatic rings. The van der Waals surface area contributed by atoms with Crippen molar-refractivity contribution in [3.05, 3.63) is 29.3 Å². The van der Waals surface area contributed by atoms with Crippen molar-refractivity contribution in [1.29, 1.82) is 0 Å². The van der Waals surface area contributed by atoms with Crippen LogP contribution in [0.1, 0.15) is 43.5 Å². The fourth-order valence-electron chi connectivity index (χ4n) is 4.36. The number of nitrogens with zero attached hydrogens (tertiary/aromatic N) is 3. The van der Waals surface area contributed by atoms with E-state index in [1.54, 1.807) is 11.3 Å². The van der Waals surface area contributed by atoms with E-state index < -0.39 is 0 Å². The van der Waals surface area contributed by atoms with Crippen molar-refractivity contribution in [3.8, 4) is 0 Å². The van der Waals surface area contributed by atoms with Crippen LogP contribution in [-0.4, -0.2) is 66.1 Å². The van der Waals surface area contributed by atoms with Gasteiger partial charge in [-0.1, -0.05) is 12.1 Å². The second-order valence-electron chi connectivity index (χ2n) is 7.91. The molecular weight excluding hydrogens is 370 g/mol. The highest BCUT2D eigenvalue weighted by atomic mass is 32.1. The van der Waals surface area contributed by atoms with Crippen molar-refractivity contribution in [3.63, 3.8) is 0 Å². The summed E-state index contributed by atoms with van der Waals surface area (Å²) in [4.78, 5) is 22.5. The first-order valence-electron chi connectivity index (χ1n) is 10.7. The summed E-state index contributed by atoms with van der Waals surface area (Å²) in [5.74, 6) is 0.285. The van der Waals surface area contributed by atoms with Crippen LogP contribution in [0.15, 0.2) is 24.3 Å². The smallest absolute Gasteiger partial charge is 0.223 e. The Morgan fingerprint density at radius 3 is 2.79 bits per heavy atom. The number of likely N-dealkylation sites (tertiary alicyclic amines) is 1. The molecule has 3 heterocycles. The first-order chi connectivity index (χ1) is 13.8. The van der Waals surface area contributed by atoms with E-state index in [1.807, 2.05) is 18.2 Å². The number of carbonyl (C=O) groups excluding carboxylic acids is 1. The van der Waals surface area contributed by atoms with Crippen LogP contribution in [0.25, 0.3) is 10.2 Å². The molecule has 0 N–H and O–H groups in total. The van der Waals surface area contributed by atoms with Crippen LogP contribution in [-0.2, 0) is 16.0 Å². The van der Waals surface area contributed by atoms with Crippen molar-refractivity contribution < 1.29 is 9.53 Å². The van der Waals surface area contributed by atoms with Gasteiger partial charge in [-0.15, -0.1) is 11.3 Å². The molecule has 5 nitrogen and oxygen atoms in total. The van der Waals surface area contributed by atoms with Crippen molar-refractivity contribution in [2.45, 2.75) is 51.0 Å². The topological polar surface area (TPSA) is 45.7 Å². The molecular formula is C22H31N3O2S. The Morgan fingerprint density at radius 1 is 1.21 bits per heavy atom. The molecule has 2 aliphatic heterocycles. The number of amides is 1. The maximum Gasteiger partial charge on any atom is 0.223 e. The van der Waals surface area contributed by atoms with Gasteiger partial charge in [0.25, 0.3) is 0 Å². The van der Waals surface area contributed by atoms with E-state index in [0.717, 1.165) is 62.5 Å². The van der Waals surface area contributed by atoms with Gasteiger partial charge in [-0.25, -0.2) is 4.98 Å². The number of aryl methyl sites for hydroxylation is 1. The summed E-state index contributed by atoms with van der Waals surface area (Å²) >= 11 is 1.71. The molecule has 2 saturated heterocycles. The number of aromatic nitrogens is 1. The van der Waals surface area contributed by atoms with Gasteiger partial charge in [-0.2, -0.15) is 0 Å². The average molecular weight is 402 g/mol. The molecule has 0 radical (unpaired) electrons. The number of hydrogen-bond acceptors (Lipinski definition) is 5. The summed E-state index contributed by atoms with van der Waals surface area (Å²) < 4.78 is 6.73. The third kappa shape index (κ3) is 5.10. The van der Waals surface area contributed by atoms with Gasteiger partial charge in [0, 0.05) is 38.6 Å². The summed E-state index contributed by atoms with van der Waals surface area (Å²) in [6, 6.07) is 8.55. The number of para-hydroxylation sites is 1. The molecule has 1 amide bonds. The fraction of sp³-hybridized carbons (Fsp3) is 0.636. The van der Waals surface area contributed by atoms with Gasteiger partial charge in [-0.05, 0) is 63.9 Å². The molecule has 4 rings (SSSR count). The quantitative estimate of drug-likeness (QED) is 0.676. The molecule has 0 aliphatic carbocycles. The van der Waals surface area contributed by atoms with E-state index in [2.05, 4.69) is 15.9 Å². The van der Waals surface area contributed by atoms with Crippen LogP contribution < -0.4 is 0 Å². The Morgan fingerprint density at radius 2 is 2.00 bits per heavy atom. The van der Waals surface area contributed by atoms with Gasteiger partial charge in [0.15, 0.2) is 0 Å². The summed E-state index contributed by atoms with van der Waals surface area (Å²) in [7, 11) is 0. The first kappa shape index (κ1) is 19.8. The summed E-state index contributed by atoms with van der Waals surface area (Å²) in [6.45, 7) is 5.99. The third-order valence-electron chi connectivity index (χ3n) is 5.91. The molecule has 1 aromatic carbocycles. The van der Waals surface area contributed by atoms with Crippen LogP contribution in [0.4, 0.5) is 0 Å². The minimum Gasteiger partial charge on any atom is -0.381 e. The number of rotatable bonds is 8.